The van der Waals surface area contributed by atoms with Gasteiger partial charge < -0.3 is 9.88 Å². The molecule has 150 valence electrons. The molecule has 1 aliphatic rings. The minimum Gasteiger partial charge on any atom is -0.352 e. The molecule has 0 radical (unpaired) electrons. The van der Waals surface area contributed by atoms with Gasteiger partial charge in [-0.25, -0.2) is 4.98 Å². The van der Waals surface area contributed by atoms with E-state index in [0.29, 0.717) is 18.9 Å². The minimum atomic E-state index is 0.0125. The molecular weight excluding hydrogens is 358 g/mol. The van der Waals surface area contributed by atoms with Gasteiger partial charge in [-0.3, -0.25) is 4.79 Å². The number of fused-ring (bicyclic) bond motifs is 1. The van der Waals surface area contributed by atoms with Crippen LogP contribution in [0.1, 0.15) is 66.2 Å². The van der Waals surface area contributed by atoms with Crippen LogP contribution in [-0.2, 0) is 17.9 Å². The van der Waals surface area contributed by atoms with Crippen LogP contribution in [0.3, 0.4) is 0 Å². The van der Waals surface area contributed by atoms with Crippen molar-refractivity contribution >= 4 is 5.91 Å². The summed E-state index contributed by atoms with van der Waals surface area (Å²) in [5, 5.41) is 3.10. The van der Waals surface area contributed by atoms with E-state index < -0.39 is 0 Å². The van der Waals surface area contributed by atoms with E-state index in [1.54, 1.807) is 0 Å². The third-order valence-corrected chi connectivity index (χ3v) is 6.02. The highest BCUT2D eigenvalue weighted by molar-refractivity contribution is 5.77. The first-order valence-electron chi connectivity index (χ1n) is 10.5. The summed E-state index contributed by atoms with van der Waals surface area (Å²) in [5.41, 5.74) is 4.70. The van der Waals surface area contributed by atoms with Crippen LogP contribution in [0.15, 0.2) is 60.8 Å². The number of carbonyl (C=O) groups is 1. The van der Waals surface area contributed by atoms with Crippen LogP contribution in [0.25, 0.3) is 0 Å². The van der Waals surface area contributed by atoms with Crippen molar-refractivity contribution in [3.8, 4) is 0 Å². The topological polar surface area (TPSA) is 46.9 Å². The molecule has 1 aromatic heterocycles. The van der Waals surface area contributed by atoms with Gasteiger partial charge in [0.15, 0.2) is 0 Å². The number of rotatable bonds is 6. The van der Waals surface area contributed by atoms with Gasteiger partial charge in [-0.2, -0.15) is 0 Å². The Labute approximate surface area is 173 Å². The van der Waals surface area contributed by atoms with Crippen molar-refractivity contribution in [3.05, 3.63) is 89.0 Å². The molecule has 0 bridgehead atoms. The van der Waals surface area contributed by atoms with E-state index in [2.05, 4.69) is 48.0 Å². The van der Waals surface area contributed by atoms with Crippen LogP contribution < -0.4 is 5.32 Å². The average Bonchev–Trinajstić information content (AvgIpc) is 3.17. The van der Waals surface area contributed by atoms with Gasteiger partial charge in [0.2, 0.25) is 5.91 Å². The molecule has 0 fully saturated rings. The monoisotopic (exact) mass is 387 g/mol. The van der Waals surface area contributed by atoms with Crippen molar-refractivity contribution in [1.29, 1.82) is 0 Å². The molecule has 0 saturated heterocycles. The minimum absolute atomic E-state index is 0.0125. The van der Waals surface area contributed by atoms with Crippen molar-refractivity contribution in [3.63, 3.8) is 0 Å². The third-order valence-electron chi connectivity index (χ3n) is 6.02. The fourth-order valence-electron chi connectivity index (χ4n) is 4.41. The lowest BCUT2D eigenvalue weighted by Crippen LogP contribution is -2.26. The molecule has 29 heavy (non-hydrogen) atoms. The molecule has 0 unspecified atom stereocenters. The highest BCUT2D eigenvalue weighted by atomic mass is 16.1. The zero-order chi connectivity index (χ0) is 20.2. The Morgan fingerprint density at radius 3 is 2.72 bits per heavy atom. The van der Waals surface area contributed by atoms with Gasteiger partial charge in [0.25, 0.3) is 0 Å². The summed E-state index contributed by atoms with van der Waals surface area (Å²) in [5.74, 6) is 1.72. The Morgan fingerprint density at radius 1 is 1.17 bits per heavy atom. The number of nitrogens with zero attached hydrogens (tertiary/aromatic N) is 2. The second-order valence-electron chi connectivity index (χ2n) is 8.11. The molecule has 4 rings (SSSR count). The molecule has 0 spiro atoms. The molecule has 2 aromatic carbocycles. The van der Waals surface area contributed by atoms with E-state index in [4.69, 9.17) is 4.98 Å². The molecule has 0 saturated carbocycles. The number of aryl methyl sites for hydroxylation is 1. The summed E-state index contributed by atoms with van der Waals surface area (Å²) in [7, 11) is 0. The molecule has 1 amide bonds. The van der Waals surface area contributed by atoms with Crippen molar-refractivity contribution in [2.24, 2.45) is 0 Å². The lowest BCUT2D eigenvalue weighted by atomic mass is 9.88. The molecule has 1 aliphatic heterocycles. The van der Waals surface area contributed by atoms with Gasteiger partial charge in [0.05, 0.1) is 0 Å². The normalized spacial score (nSPS) is 16.8. The van der Waals surface area contributed by atoms with E-state index in [1.807, 2.05) is 36.5 Å². The second kappa shape index (κ2) is 8.64. The van der Waals surface area contributed by atoms with Crippen molar-refractivity contribution in [2.75, 3.05) is 0 Å². The van der Waals surface area contributed by atoms with Crippen molar-refractivity contribution < 1.29 is 4.79 Å². The molecule has 4 nitrogen and oxygen atoms in total. The first-order chi connectivity index (χ1) is 14.1. The van der Waals surface area contributed by atoms with Gasteiger partial charge in [-0.15, -0.1) is 0 Å². The SMILES string of the molecule is Cc1ccccc1[C@H](CC(=O)NCc1ccccc1)c1cnc2n1CCC[C@H]2C. The summed E-state index contributed by atoms with van der Waals surface area (Å²) in [6, 6.07) is 18.4. The quantitative estimate of drug-likeness (QED) is 0.652. The van der Waals surface area contributed by atoms with E-state index >= 15 is 0 Å². The lowest BCUT2D eigenvalue weighted by Gasteiger charge is -2.26. The number of carbonyl (C=O) groups excluding carboxylic acids is 1. The predicted octanol–water partition coefficient (Wildman–Crippen LogP) is 4.93. The van der Waals surface area contributed by atoms with E-state index in [0.717, 1.165) is 30.0 Å². The standard InChI is InChI=1S/C25H29N3O/c1-18-9-6-7-13-21(18)22(15-24(29)26-16-20-11-4-3-5-12-20)23-17-27-25-19(2)10-8-14-28(23)25/h3-7,9,11-13,17,19,22H,8,10,14-16H2,1-2H3,(H,26,29)/t19-,22+/m1/s1. The number of amides is 1. The van der Waals surface area contributed by atoms with Crippen LogP contribution in [0.5, 0.6) is 0 Å². The van der Waals surface area contributed by atoms with Gasteiger partial charge in [0.1, 0.15) is 5.82 Å². The van der Waals surface area contributed by atoms with Gasteiger partial charge in [0, 0.05) is 43.2 Å². The Balaban J connectivity index is 1.60. The fourth-order valence-corrected chi connectivity index (χ4v) is 4.41. The van der Waals surface area contributed by atoms with Gasteiger partial charge in [-0.05, 0) is 36.5 Å². The molecule has 4 heteroatoms. The molecule has 0 aliphatic carbocycles. The summed E-state index contributed by atoms with van der Waals surface area (Å²) in [4.78, 5) is 17.6. The van der Waals surface area contributed by atoms with Crippen molar-refractivity contribution in [2.45, 2.75) is 58.0 Å². The van der Waals surface area contributed by atoms with Crippen molar-refractivity contribution in [1.82, 2.24) is 14.9 Å². The van der Waals surface area contributed by atoms with Crippen LogP contribution in [-0.4, -0.2) is 15.5 Å². The number of imidazole rings is 1. The van der Waals surface area contributed by atoms with E-state index in [-0.39, 0.29) is 11.8 Å². The first kappa shape index (κ1) is 19.4. The molecule has 3 aromatic rings. The number of benzene rings is 2. The van der Waals surface area contributed by atoms with Gasteiger partial charge in [-0.1, -0.05) is 61.5 Å². The predicted molar refractivity (Wildman–Crippen MR) is 116 cm³/mol. The maximum absolute atomic E-state index is 12.9. The summed E-state index contributed by atoms with van der Waals surface area (Å²) < 4.78 is 2.36. The van der Waals surface area contributed by atoms with E-state index in [9.17, 15) is 4.79 Å². The number of hydrogen-bond acceptors (Lipinski definition) is 2. The number of hydrogen-bond donors (Lipinski definition) is 1. The number of nitrogens with one attached hydrogen (secondary N) is 1. The van der Waals surface area contributed by atoms with Crippen LogP contribution in [0.2, 0.25) is 0 Å². The number of aromatic nitrogens is 2. The van der Waals surface area contributed by atoms with Crippen LogP contribution in [0.4, 0.5) is 0 Å². The van der Waals surface area contributed by atoms with Crippen LogP contribution in [0, 0.1) is 6.92 Å². The maximum Gasteiger partial charge on any atom is 0.221 e. The Morgan fingerprint density at radius 2 is 1.93 bits per heavy atom. The summed E-state index contributed by atoms with van der Waals surface area (Å²) in [6.07, 6.45) is 4.78. The first-order valence-corrected chi connectivity index (χ1v) is 10.5. The molecule has 2 atom stereocenters. The smallest absolute Gasteiger partial charge is 0.221 e. The average molecular weight is 388 g/mol. The summed E-state index contributed by atoms with van der Waals surface area (Å²) >= 11 is 0. The lowest BCUT2D eigenvalue weighted by molar-refractivity contribution is -0.121. The Bertz CT molecular complexity index is 977. The highest BCUT2D eigenvalue weighted by Crippen LogP contribution is 2.35. The van der Waals surface area contributed by atoms with Crippen LogP contribution >= 0.6 is 0 Å². The van der Waals surface area contributed by atoms with E-state index in [1.165, 1.54) is 17.5 Å². The fraction of sp³-hybridized carbons (Fsp3) is 0.360. The maximum atomic E-state index is 12.9. The Kier molecular flexibility index (Phi) is 5.79. The zero-order valence-corrected chi connectivity index (χ0v) is 17.3. The zero-order valence-electron chi connectivity index (χ0n) is 17.3. The second-order valence-corrected chi connectivity index (χ2v) is 8.11. The molecule has 2 heterocycles. The molecular formula is C25H29N3O. The summed E-state index contributed by atoms with van der Waals surface area (Å²) in [6.45, 7) is 5.92. The largest absolute Gasteiger partial charge is 0.352 e. The Hall–Kier alpha value is -2.88. The third kappa shape index (κ3) is 4.26. The van der Waals surface area contributed by atoms with Gasteiger partial charge >= 0.3 is 0 Å². The molecule has 1 N–H and O–H groups in total. The highest BCUT2D eigenvalue weighted by Gasteiger charge is 2.27.